The molecule has 13 aromatic rings. The van der Waals surface area contributed by atoms with Crippen LogP contribution in [0.5, 0.6) is 0 Å². The highest BCUT2D eigenvalue weighted by Crippen LogP contribution is 2.48. The molecule has 0 aliphatic heterocycles. The zero-order valence-corrected chi connectivity index (χ0v) is 35.7. The number of rotatable bonds is 7. The minimum atomic E-state index is 0.564. The minimum Gasteiger partial charge on any atom is -0.292 e. The van der Waals surface area contributed by atoms with E-state index in [0.29, 0.717) is 17.6 Å². The van der Waals surface area contributed by atoms with Gasteiger partial charge in [-0.25, -0.2) is 9.97 Å². The summed E-state index contributed by atoms with van der Waals surface area (Å²) in [6.45, 7) is 0. The van der Waals surface area contributed by atoms with E-state index >= 15 is 0 Å². The lowest BCUT2D eigenvalue weighted by molar-refractivity contribution is 0.954. The average Bonchev–Trinajstić information content (AvgIpc) is 4.07. The number of hydrogen-bond donors (Lipinski definition) is 0. The van der Waals surface area contributed by atoms with E-state index in [1.807, 2.05) is 18.2 Å². The lowest BCUT2D eigenvalue weighted by atomic mass is 9.96. The van der Waals surface area contributed by atoms with Crippen LogP contribution in [0.3, 0.4) is 0 Å². The topological polar surface area (TPSA) is 61.4 Å². The van der Waals surface area contributed by atoms with E-state index in [4.69, 9.17) is 19.9 Å². The van der Waals surface area contributed by atoms with Gasteiger partial charge < -0.3 is 0 Å². The van der Waals surface area contributed by atoms with Gasteiger partial charge in [0, 0.05) is 53.3 Å². The maximum absolute atomic E-state index is 5.44. The summed E-state index contributed by atoms with van der Waals surface area (Å²) in [7, 11) is 0. The number of nitrogens with zero attached hydrogens (tertiary/aromatic N) is 6. The van der Waals surface area contributed by atoms with Crippen LogP contribution in [0, 0.1) is 0 Å². The van der Waals surface area contributed by atoms with Gasteiger partial charge in [0.15, 0.2) is 11.6 Å². The van der Waals surface area contributed by atoms with Gasteiger partial charge >= 0.3 is 0 Å². The van der Waals surface area contributed by atoms with Crippen molar-refractivity contribution in [1.82, 2.24) is 29.1 Å². The van der Waals surface area contributed by atoms with E-state index < -0.39 is 0 Å². The fourth-order valence-corrected chi connectivity index (χ4v) is 10.8. The van der Waals surface area contributed by atoms with Crippen molar-refractivity contribution in [2.45, 2.75) is 0 Å². The third kappa shape index (κ3) is 6.09. The largest absolute Gasteiger partial charge is 0.292 e. The van der Waals surface area contributed by atoms with Gasteiger partial charge in [0.1, 0.15) is 5.82 Å². The Bertz CT molecular complexity index is 3930. The van der Waals surface area contributed by atoms with Crippen molar-refractivity contribution in [2.24, 2.45) is 0 Å². The Kier molecular flexibility index (Phi) is 8.60. The third-order valence-corrected chi connectivity index (χ3v) is 13.7. The molecule has 0 fully saturated rings. The summed E-state index contributed by atoms with van der Waals surface area (Å²) >= 11 is 1.78. The molecule has 13 rings (SSSR count). The molecule has 0 N–H and O–H groups in total. The number of para-hydroxylation sites is 4. The first-order valence-corrected chi connectivity index (χ1v) is 22.5. The first kappa shape index (κ1) is 37.1. The maximum atomic E-state index is 5.44. The van der Waals surface area contributed by atoms with Gasteiger partial charge in [-0.15, -0.1) is 11.3 Å². The molecule has 0 atom stereocenters. The van der Waals surface area contributed by atoms with E-state index in [1.165, 1.54) is 5.56 Å². The van der Waals surface area contributed by atoms with Gasteiger partial charge in [-0.2, -0.15) is 9.97 Å². The van der Waals surface area contributed by atoms with Crippen LogP contribution in [0.2, 0.25) is 0 Å². The van der Waals surface area contributed by atoms with Crippen LogP contribution in [0.4, 0.5) is 0 Å². The molecule has 0 radical (unpaired) electrons. The molecule has 7 heteroatoms. The van der Waals surface area contributed by atoms with Gasteiger partial charge in [0.25, 0.3) is 0 Å². The van der Waals surface area contributed by atoms with Crippen molar-refractivity contribution in [3.63, 3.8) is 0 Å². The second kappa shape index (κ2) is 15.1. The molecule has 0 amide bonds. The summed E-state index contributed by atoms with van der Waals surface area (Å²) in [4.78, 5) is 21.4. The van der Waals surface area contributed by atoms with E-state index in [2.05, 4.69) is 209 Å². The lowest BCUT2D eigenvalue weighted by Gasteiger charge is -2.14. The monoisotopic (exact) mass is 848 g/mol. The minimum absolute atomic E-state index is 0.564. The highest BCUT2D eigenvalue weighted by atomic mass is 32.1. The Labute approximate surface area is 378 Å². The molecule has 65 heavy (non-hydrogen) atoms. The molecule has 0 spiro atoms. The second-order valence-corrected chi connectivity index (χ2v) is 17.2. The molecule has 304 valence electrons. The Morgan fingerprint density at radius 1 is 0.338 bits per heavy atom. The Hall–Kier alpha value is -8.52. The number of imidazole rings is 1. The van der Waals surface area contributed by atoms with Crippen molar-refractivity contribution in [3.05, 3.63) is 218 Å². The standard InChI is InChI=1S/C58H36N6S/c1-5-18-37(19-6-1)40-32-35-50-47(36-40)43-26-13-15-30-49(43)64(50)58-61-55(39-22-9-3-10-23-39)60-56(62-58)46-28-17-27-44-45-34-33-42(38-20-7-2-8-21-38)52(54(45)65-53(44)46)57-59-48-29-14-16-31-51(48)63(57)41-24-11-4-12-25-41/h1-36H. The van der Waals surface area contributed by atoms with Crippen LogP contribution < -0.4 is 0 Å². The molecule has 0 unspecified atom stereocenters. The first-order chi connectivity index (χ1) is 32.2. The number of benzene rings is 9. The molecule has 4 heterocycles. The van der Waals surface area contributed by atoms with E-state index in [1.54, 1.807) is 11.3 Å². The van der Waals surface area contributed by atoms with Gasteiger partial charge in [-0.3, -0.25) is 9.13 Å². The molecule has 9 aromatic carbocycles. The van der Waals surface area contributed by atoms with Gasteiger partial charge in [-0.05, 0) is 70.8 Å². The number of hydrogen-bond acceptors (Lipinski definition) is 5. The van der Waals surface area contributed by atoms with Crippen LogP contribution in [-0.4, -0.2) is 29.1 Å². The number of aromatic nitrogens is 6. The molecular weight excluding hydrogens is 813 g/mol. The van der Waals surface area contributed by atoms with E-state index in [9.17, 15) is 0 Å². The smallest absolute Gasteiger partial charge is 0.238 e. The maximum Gasteiger partial charge on any atom is 0.238 e. The molecule has 4 aromatic heterocycles. The van der Waals surface area contributed by atoms with Crippen molar-refractivity contribution >= 4 is 64.3 Å². The Balaban J connectivity index is 1.08. The lowest BCUT2D eigenvalue weighted by Crippen LogP contribution is -2.06. The van der Waals surface area contributed by atoms with E-state index in [0.717, 1.165) is 97.9 Å². The fourth-order valence-electron chi connectivity index (χ4n) is 9.45. The molecule has 0 saturated heterocycles. The Morgan fingerprint density at radius 3 is 1.74 bits per heavy atom. The van der Waals surface area contributed by atoms with Crippen LogP contribution in [0.25, 0.3) is 121 Å². The summed E-state index contributed by atoms with van der Waals surface area (Å²) < 4.78 is 6.75. The average molecular weight is 849 g/mol. The molecule has 6 nitrogen and oxygen atoms in total. The van der Waals surface area contributed by atoms with Crippen molar-refractivity contribution in [2.75, 3.05) is 0 Å². The number of fused-ring (bicyclic) bond motifs is 7. The van der Waals surface area contributed by atoms with Crippen molar-refractivity contribution < 1.29 is 0 Å². The third-order valence-electron chi connectivity index (χ3n) is 12.4. The normalized spacial score (nSPS) is 11.7. The Morgan fingerprint density at radius 2 is 0.954 bits per heavy atom. The molecule has 0 aliphatic rings. The van der Waals surface area contributed by atoms with E-state index in [-0.39, 0.29) is 0 Å². The SMILES string of the molecule is c1ccc(-c2ccc3c(c2)c2ccccc2n3-c2nc(-c3ccccc3)nc(-c3cccc4c3sc3c(-c5nc6ccccc6n5-c5ccccc5)c(-c5ccccc5)ccc34)n2)cc1. The summed E-state index contributed by atoms with van der Waals surface area (Å²) in [6.07, 6.45) is 0. The van der Waals surface area contributed by atoms with Gasteiger partial charge in [-0.1, -0.05) is 170 Å². The predicted octanol–water partition coefficient (Wildman–Crippen LogP) is 15.0. The molecular formula is C58H36N6S. The second-order valence-electron chi connectivity index (χ2n) is 16.2. The van der Waals surface area contributed by atoms with Crippen LogP contribution in [0.1, 0.15) is 0 Å². The quantitative estimate of drug-likeness (QED) is 0.160. The molecule has 0 aliphatic carbocycles. The highest BCUT2D eigenvalue weighted by Gasteiger charge is 2.25. The summed E-state index contributed by atoms with van der Waals surface area (Å²) in [5.41, 5.74) is 12.6. The van der Waals surface area contributed by atoms with Crippen LogP contribution in [-0.2, 0) is 0 Å². The predicted molar refractivity (Wildman–Crippen MR) is 269 cm³/mol. The summed E-state index contributed by atoms with van der Waals surface area (Å²) in [5.74, 6) is 2.68. The molecule has 0 saturated carbocycles. The number of thiophene rings is 1. The summed E-state index contributed by atoms with van der Waals surface area (Å²) in [5, 5.41) is 4.57. The van der Waals surface area contributed by atoms with Crippen molar-refractivity contribution in [3.8, 4) is 68.1 Å². The fraction of sp³-hybridized carbons (Fsp3) is 0. The van der Waals surface area contributed by atoms with Crippen LogP contribution >= 0.6 is 11.3 Å². The zero-order chi connectivity index (χ0) is 42.8. The highest BCUT2D eigenvalue weighted by molar-refractivity contribution is 7.27. The van der Waals surface area contributed by atoms with Gasteiger partial charge in [0.2, 0.25) is 5.95 Å². The van der Waals surface area contributed by atoms with Gasteiger partial charge in [0.05, 0.1) is 22.1 Å². The first-order valence-electron chi connectivity index (χ1n) is 21.7. The zero-order valence-electron chi connectivity index (χ0n) is 34.9. The summed E-state index contributed by atoms with van der Waals surface area (Å²) in [6, 6.07) is 76.6. The molecule has 0 bridgehead atoms. The van der Waals surface area contributed by atoms with Crippen LogP contribution in [0.15, 0.2) is 218 Å². The van der Waals surface area contributed by atoms with Crippen molar-refractivity contribution in [1.29, 1.82) is 0 Å².